The van der Waals surface area contributed by atoms with Gasteiger partial charge < -0.3 is 4.98 Å². The lowest BCUT2D eigenvalue weighted by Crippen LogP contribution is -2.21. The zero-order chi connectivity index (χ0) is 15.3. The number of H-pyrrole nitrogens is 1. The maximum Gasteiger partial charge on any atom is 0.267 e. The average Bonchev–Trinajstić information content (AvgIpc) is 2.88. The van der Waals surface area contributed by atoms with Gasteiger partial charge in [0.15, 0.2) is 4.77 Å². The van der Waals surface area contributed by atoms with Crippen molar-refractivity contribution in [2.75, 3.05) is 0 Å². The molecule has 3 aromatic rings. The Morgan fingerprint density at radius 3 is 2.86 bits per heavy atom. The Hall–Kier alpha value is -1.72. The molecule has 0 fully saturated rings. The van der Waals surface area contributed by atoms with Crippen LogP contribution in [0.2, 0.25) is 0 Å². The zero-order valence-electron chi connectivity index (χ0n) is 12.3. The van der Waals surface area contributed by atoms with Gasteiger partial charge in [-0.3, -0.25) is 9.36 Å². The minimum Gasteiger partial charge on any atom is -0.323 e. The van der Waals surface area contributed by atoms with Crippen molar-refractivity contribution >= 4 is 33.8 Å². The van der Waals surface area contributed by atoms with Gasteiger partial charge in [0.25, 0.3) is 5.56 Å². The minimum atomic E-state index is 0.0104. The standard InChI is InChI=1S/C17H16N2OS2/c1-10-6-5-9-12-13(10)14-15(22-12)18-17(21)19(16(14)20)11-7-3-2-4-8-11/h2-4,7-8,10H,5-6,9H2,1H3,(H,18,21). The number of fused-ring (bicyclic) bond motifs is 3. The molecule has 0 bridgehead atoms. The van der Waals surface area contributed by atoms with Gasteiger partial charge in [0.2, 0.25) is 0 Å². The number of para-hydroxylation sites is 1. The molecule has 22 heavy (non-hydrogen) atoms. The second-order valence-electron chi connectivity index (χ2n) is 5.84. The van der Waals surface area contributed by atoms with Crippen molar-refractivity contribution in [3.05, 3.63) is 55.9 Å². The number of hydrogen-bond acceptors (Lipinski definition) is 3. The SMILES string of the molecule is CC1CCCc2sc3[nH]c(=S)n(-c4ccccc4)c(=O)c3c21. The summed E-state index contributed by atoms with van der Waals surface area (Å²) in [6.07, 6.45) is 3.43. The first-order chi connectivity index (χ1) is 10.7. The van der Waals surface area contributed by atoms with Crippen LogP contribution in [0.15, 0.2) is 35.1 Å². The second-order valence-corrected chi connectivity index (χ2v) is 7.33. The molecule has 0 spiro atoms. The summed E-state index contributed by atoms with van der Waals surface area (Å²) in [6.45, 7) is 2.22. The van der Waals surface area contributed by atoms with Gasteiger partial charge in [-0.15, -0.1) is 11.3 Å². The van der Waals surface area contributed by atoms with E-state index in [0.717, 1.165) is 28.7 Å². The number of aryl methyl sites for hydroxylation is 1. The molecule has 1 atom stereocenters. The van der Waals surface area contributed by atoms with Crippen LogP contribution in [0, 0.1) is 4.77 Å². The Morgan fingerprint density at radius 2 is 2.09 bits per heavy atom. The van der Waals surface area contributed by atoms with Crippen LogP contribution in [-0.2, 0) is 6.42 Å². The van der Waals surface area contributed by atoms with E-state index in [-0.39, 0.29) is 5.56 Å². The van der Waals surface area contributed by atoms with Crippen LogP contribution in [0.4, 0.5) is 0 Å². The van der Waals surface area contributed by atoms with Gasteiger partial charge in [-0.2, -0.15) is 0 Å². The quantitative estimate of drug-likeness (QED) is 0.666. The van der Waals surface area contributed by atoms with Crippen molar-refractivity contribution in [1.82, 2.24) is 9.55 Å². The first-order valence-electron chi connectivity index (χ1n) is 7.53. The first kappa shape index (κ1) is 13.9. The van der Waals surface area contributed by atoms with E-state index in [9.17, 15) is 4.79 Å². The average molecular weight is 328 g/mol. The Balaban J connectivity index is 2.11. The third-order valence-electron chi connectivity index (χ3n) is 4.41. The van der Waals surface area contributed by atoms with Crippen molar-refractivity contribution in [2.45, 2.75) is 32.1 Å². The lowest BCUT2D eigenvalue weighted by Gasteiger charge is -2.18. The fraction of sp³-hybridized carbons (Fsp3) is 0.294. The lowest BCUT2D eigenvalue weighted by molar-refractivity contribution is 0.601. The number of thiophene rings is 1. The molecule has 2 heterocycles. The Labute approximate surface area is 137 Å². The molecule has 0 saturated heterocycles. The molecule has 112 valence electrons. The van der Waals surface area contributed by atoms with E-state index in [1.54, 1.807) is 15.9 Å². The van der Waals surface area contributed by atoms with Crippen LogP contribution in [0.3, 0.4) is 0 Å². The van der Waals surface area contributed by atoms with Crippen LogP contribution >= 0.6 is 23.6 Å². The molecule has 0 saturated carbocycles. The molecule has 4 rings (SSSR count). The van der Waals surface area contributed by atoms with Gasteiger partial charge >= 0.3 is 0 Å². The molecule has 0 radical (unpaired) electrons. The van der Waals surface area contributed by atoms with Crippen LogP contribution in [0.25, 0.3) is 15.9 Å². The van der Waals surface area contributed by atoms with E-state index in [1.807, 2.05) is 30.3 Å². The van der Waals surface area contributed by atoms with E-state index >= 15 is 0 Å². The van der Waals surface area contributed by atoms with Crippen LogP contribution in [0.5, 0.6) is 0 Å². The summed E-state index contributed by atoms with van der Waals surface area (Å²) in [5.41, 5.74) is 2.07. The third kappa shape index (κ3) is 2.00. The highest BCUT2D eigenvalue weighted by molar-refractivity contribution is 7.71. The van der Waals surface area contributed by atoms with Gasteiger partial charge in [-0.05, 0) is 55.1 Å². The van der Waals surface area contributed by atoms with Crippen molar-refractivity contribution in [3.8, 4) is 5.69 Å². The summed E-state index contributed by atoms with van der Waals surface area (Å²) in [5, 5.41) is 0.838. The highest BCUT2D eigenvalue weighted by Gasteiger charge is 2.25. The molecule has 2 aromatic heterocycles. The summed E-state index contributed by atoms with van der Waals surface area (Å²) in [6, 6.07) is 9.62. The number of nitrogens with zero attached hydrogens (tertiary/aromatic N) is 1. The zero-order valence-corrected chi connectivity index (χ0v) is 13.9. The summed E-state index contributed by atoms with van der Waals surface area (Å²) in [7, 11) is 0. The number of hydrogen-bond donors (Lipinski definition) is 1. The lowest BCUT2D eigenvalue weighted by atomic mass is 9.88. The van der Waals surface area contributed by atoms with Crippen molar-refractivity contribution in [3.63, 3.8) is 0 Å². The predicted octanol–water partition coefficient (Wildman–Crippen LogP) is 4.55. The molecule has 1 aliphatic rings. The fourth-order valence-corrected chi connectivity index (χ4v) is 5.09. The van der Waals surface area contributed by atoms with E-state index < -0.39 is 0 Å². The third-order valence-corrected chi connectivity index (χ3v) is 5.88. The molecule has 1 aliphatic carbocycles. The number of aromatic nitrogens is 2. The predicted molar refractivity (Wildman–Crippen MR) is 94.0 cm³/mol. The van der Waals surface area contributed by atoms with Crippen molar-refractivity contribution in [1.29, 1.82) is 0 Å². The summed E-state index contributed by atoms with van der Waals surface area (Å²) < 4.78 is 2.08. The summed E-state index contributed by atoms with van der Waals surface area (Å²) in [5.74, 6) is 0.443. The van der Waals surface area contributed by atoms with Gasteiger partial charge in [-0.1, -0.05) is 25.1 Å². The summed E-state index contributed by atoms with van der Waals surface area (Å²) >= 11 is 7.13. The van der Waals surface area contributed by atoms with Crippen molar-refractivity contribution in [2.24, 2.45) is 0 Å². The molecule has 1 unspecified atom stereocenters. The molecular weight excluding hydrogens is 312 g/mol. The maximum atomic E-state index is 13.1. The molecular formula is C17H16N2OS2. The highest BCUT2D eigenvalue weighted by atomic mass is 32.1. The monoisotopic (exact) mass is 328 g/mol. The second kappa shape index (κ2) is 5.18. The van der Waals surface area contributed by atoms with Gasteiger partial charge in [0.05, 0.1) is 11.1 Å². The Kier molecular flexibility index (Phi) is 3.27. The molecule has 0 amide bonds. The highest BCUT2D eigenvalue weighted by Crippen LogP contribution is 2.40. The number of aromatic amines is 1. The van der Waals surface area contributed by atoms with Crippen LogP contribution in [0.1, 0.15) is 36.1 Å². The smallest absolute Gasteiger partial charge is 0.267 e. The van der Waals surface area contributed by atoms with E-state index in [4.69, 9.17) is 12.2 Å². The van der Waals surface area contributed by atoms with Crippen LogP contribution < -0.4 is 5.56 Å². The largest absolute Gasteiger partial charge is 0.323 e. The van der Waals surface area contributed by atoms with Gasteiger partial charge in [-0.25, -0.2) is 0 Å². The topological polar surface area (TPSA) is 37.8 Å². The number of benzene rings is 1. The van der Waals surface area contributed by atoms with E-state index in [1.165, 1.54) is 16.9 Å². The Bertz CT molecular complexity index is 966. The fourth-order valence-electron chi connectivity index (χ4n) is 3.38. The van der Waals surface area contributed by atoms with E-state index in [2.05, 4.69) is 11.9 Å². The van der Waals surface area contributed by atoms with Crippen molar-refractivity contribution < 1.29 is 0 Å². The summed E-state index contributed by atoms with van der Waals surface area (Å²) in [4.78, 5) is 18.7. The van der Waals surface area contributed by atoms with Crippen LogP contribution in [-0.4, -0.2) is 9.55 Å². The van der Waals surface area contributed by atoms with Gasteiger partial charge in [0.1, 0.15) is 4.83 Å². The maximum absolute atomic E-state index is 13.1. The molecule has 3 nitrogen and oxygen atoms in total. The Morgan fingerprint density at radius 1 is 1.32 bits per heavy atom. The first-order valence-corrected chi connectivity index (χ1v) is 8.75. The molecule has 5 heteroatoms. The van der Waals surface area contributed by atoms with Gasteiger partial charge in [0, 0.05) is 4.88 Å². The van der Waals surface area contributed by atoms with E-state index in [0.29, 0.717) is 10.7 Å². The normalized spacial score (nSPS) is 17.6. The number of nitrogens with one attached hydrogen (secondary N) is 1. The number of rotatable bonds is 1. The minimum absolute atomic E-state index is 0.0104. The molecule has 0 aliphatic heterocycles. The molecule has 1 N–H and O–H groups in total. The molecule has 1 aromatic carbocycles.